The number of carbonyl (C=O) groups is 1. The maximum absolute atomic E-state index is 11.1. The minimum Gasteiger partial charge on any atom is -0.308 e. The highest BCUT2D eigenvalue weighted by atomic mass is 35.5. The monoisotopic (exact) mass is 175 g/mol. The Bertz CT molecular complexity index is 183. The molecule has 2 atom stereocenters. The van der Waals surface area contributed by atoms with E-state index in [0.29, 0.717) is 11.8 Å². The number of halogens is 1. The van der Waals surface area contributed by atoms with Crippen molar-refractivity contribution < 1.29 is 4.79 Å². The van der Waals surface area contributed by atoms with E-state index in [4.69, 9.17) is 0 Å². The van der Waals surface area contributed by atoms with Crippen LogP contribution in [0.2, 0.25) is 0 Å². The van der Waals surface area contributed by atoms with Gasteiger partial charge < -0.3 is 5.32 Å². The van der Waals surface area contributed by atoms with Crippen molar-refractivity contribution in [3.05, 3.63) is 0 Å². The summed E-state index contributed by atoms with van der Waals surface area (Å²) >= 11 is 0. The van der Waals surface area contributed by atoms with Gasteiger partial charge in [-0.1, -0.05) is 0 Å². The number of fused-ring (bicyclic) bond motifs is 2. The molecule has 2 nitrogen and oxygen atoms in total. The molecule has 0 radical (unpaired) electrons. The van der Waals surface area contributed by atoms with Gasteiger partial charge in [-0.3, -0.25) is 4.79 Å². The van der Waals surface area contributed by atoms with Crippen molar-refractivity contribution >= 4 is 18.2 Å². The lowest BCUT2D eigenvalue weighted by atomic mass is 9.92. The lowest BCUT2D eigenvalue weighted by Crippen LogP contribution is -2.47. The predicted octanol–water partition coefficient (Wildman–Crippen LogP) is 1.28. The molecule has 0 amide bonds. The van der Waals surface area contributed by atoms with Crippen LogP contribution >= 0.6 is 12.4 Å². The molecule has 2 bridgehead atoms. The number of rotatable bonds is 0. The first kappa shape index (κ1) is 9.01. The molecule has 0 aromatic carbocycles. The van der Waals surface area contributed by atoms with E-state index >= 15 is 0 Å². The molecule has 0 aromatic rings. The van der Waals surface area contributed by atoms with Crippen LogP contribution in [0.15, 0.2) is 0 Å². The third kappa shape index (κ3) is 1.57. The smallest absolute Gasteiger partial charge is 0.136 e. The van der Waals surface area contributed by atoms with Crippen molar-refractivity contribution in [3.63, 3.8) is 0 Å². The van der Waals surface area contributed by atoms with Gasteiger partial charge in [0, 0.05) is 24.4 Å². The van der Waals surface area contributed by atoms with E-state index in [2.05, 4.69) is 12.2 Å². The van der Waals surface area contributed by atoms with Gasteiger partial charge in [-0.2, -0.15) is 0 Å². The lowest BCUT2D eigenvalue weighted by molar-refractivity contribution is -0.121. The lowest BCUT2D eigenvalue weighted by Gasteiger charge is -2.29. The number of hydrogen-bond acceptors (Lipinski definition) is 2. The van der Waals surface area contributed by atoms with E-state index in [1.165, 1.54) is 12.8 Å². The Labute approximate surface area is 73.1 Å². The van der Waals surface area contributed by atoms with Gasteiger partial charge >= 0.3 is 0 Å². The fourth-order valence-corrected chi connectivity index (χ4v) is 2.20. The molecule has 2 heterocycles. The van der Waals surface area contributed by atoms with Crippen LogP contribution in [-0.4, -0.2) is 17.4 Å². The minimum atomic E-state index is 0. The zero-order chi connectivity index (χ0) is 7.19. The van der Waals surface area contributed by atoms with Crippen molar-refractivity contribution in [1.82, 2.24) is 5.32 Å². The van der Waals surface area contributed by atoms with Gasteiger partial charge in [0.1, 0.15) is 5.78 Å². The summed E-state index contributed by atoms with van der Waals surface area (Å²) in [5.41, 5.74) is 0.167. The molecule has 0 spiro atoms. The first-order chi connectivity index (χ1) is 4.68. The van der Waals surface area contributed by atoms with Crippen LogP contribution in [-0.2, 0) is 4.79 Å². The summed E-state index contributed by atoms with van der Waals surface area (Å²) < 4.78 is 0. The fraction of sp³-hybridized carbons (Fsp3) is 0.875. The van der Waals surface area contributed by atoms with Crippen molar-refractivity contribution in [2.45, 2.75) is 44.2 Å². The number of ketones is 1. The van der Waals surface area contributed by atoms with Crippen LogP contribution in [0.3, 0.4) is 0 Å². The maximum atomic E-state index is 11.1. The largest absolute Gasteiger partial charge is 0.308 e. The normalized spacial score (nSPS) is 41.9. The Hall–Kier alpha value is -0.0800. The van der Waals surface area contributed by atoms with Gasteiger partial charge in [0.2, 0.25) is 0 Å². The molecule has 2 unspecified atom stereocenters. The van der Waals surface area contributed by atoms with Crippen LogP contribution in [0, 0.1) is 0 Å². The Morgan fingerprint density at radius 3 is 3.00 bits per heavy atom. The molecule has 0 saturated carbocycles. The quantitative estimate of drug-likeness (QED) is 0.601. The van der Waals surface area contributed by atoms with Gasteiger partial charge in [-0.05, 0) is 19.8 Å². The molecule has 64 valence electrons. The number of carbonyl (C=O) groups excluding carboxylic acids is 1. The van der Waals surface area contributed by atoms with Crippen LogP contribution in [0.5, 0.6) is 0 Å². The number of hydrogen-bond donors (Lipinski definition) is 1. The summed E-state index contributed by atoms with van der Waals surface area (Å²) in [6.07, 6.45) is 3.91. The van der Waals surface area contributed by atoms with Crippen molar-refractivity contribution in [3.8, 4) is 0 Å². The highest BCUT2D eigenvalue weighted by Gasteiger charge is 2.40. The highest BCUT2D eigenvalue weighted by Crippen LogP contribution is 2.32. The Kier molecular flexibility index (Phi) is 2.26. The number of Topliss-reactive ketones (excluding diaryl/α,β-unsaturated/α-hetero) is 1. The van der Waals surface area contributed by atoms with Crippen LogP contribution < -0.4 is 5.32 Å². The molecule has 1 N–H and O–H groups in total. The topological polar surface area (TPSA) is 29.1 Å². The van der Waals surface area contributed by atoms with Gasteiger partial charge in [-0.15, -0.1) is 12.4 Å². The van der Waals surface area contributed by atoms with E-state index in [-0.39, 0.29) is 17.9 Å². The van der Waals surface area contributed by atoms with E-state index in [9.17, 15) is 4.79 Å². The van der Waals surface area contributed by atoms with Crippen LogP contribution in [0.4, 0.5) is 0 Å². The first-order valence-corrected chi connectivity index (χ1v) is 3.97. The molecule has 0 aliphatic carbocycles. The fourth-order valence-electron chi connectivity index (χ4n) is 2.20. The van der Waals surface area contributed by atoms with Gasteiger partial charge in [0.15, 0.2) is 0 Å². The number of nitrogens with one attached hydrogen (secondary N) is 1. The summed E-state index contributed by atoms with van der Waals surface area (Å²) in [4.78, 5) is 11.1. The van der Waals surface area contributed by atoms with E-state index in [1.807, 2.05) is 0 Å². The second-order valence-corrected chi connectivity index (χ2v) is 3.86. The van der Waals surface area contributed by atoms with E-state index in [1.54, 1.807) is 0 Å². The van der Waals surface area contributed by atoms with Gasteiger partial charge in [0.25, 0.3) is 0 Å². The minimum absolute atomic E-state index is 0. The summed E-state index contributed by atoms with van der Waals surface area (Å²) in [7, 11) is 0. The molecular formula is C8H14ClNO. The molecule has 2 aliphatic heterocycles. The summed E-state index contributed by atoms with van der Waals surface area (Å²) in [6, 6.07) is 0.506. The molecule has 3 heteroatoms. The first-order valence-electron chi connectivity index (χ1n) is 3.97. The van der Waals surface area contributed by atoms with E-state index < -0.39 is 0 Å². The van der Waals surface area contributed by atoms with Crippen LogP contribution in [0.1, 0.15) is 32.6 Å². The predicted molar refractivity (Wildman–Crippen MR) is 46.1 cm³/mol. The molecular weight excluding hydrogens is 162 g/mol. The molecule has 2 aliphatic rings. The zero-order valence-electron chi connectivity index (χ0n) is 6.72. The molecule has 2 saturated heterocycles. The third-order valence-corrected chi connectivity index (χ3v) is 2.66. The van der Waals surface area contributed by atoms with Gasteiger partial charge in [-0.25, -0.2) is 0 Å². The second-order valence-electron chi connectivity index (χ2n) is 3.86. The third-order valence-electron chi connectivity index (χ3n) is 2.66. The number of piperidine rings is 1. The van der Waals surface area contributed by atoms with Crippen molar-refractivity contribution in [1.29, 1.82) is 0 Å². The van der Waals surface area contributed by atoms with Gasteiger partial charge in [0.05, 0.1) is 0 Å². The standard InChI is InChI=1S/C8H13NO.ClH/c1-8-3-2-6(9-8)4-7(10)5-8;/h6,9H,2-5H2,1H3;1H. The summed E-state index contributed by atoms with van der Waals surface area (Å²) in [5, 5.41) is 3.48. The summed E-state index contributed by atoms with van der Waals surface area (Å²) in [6.45, 7) is 2.16. The second kappa shape index (κ2) is 2.76. The SMILES string of the molecule is CC12CCC(CC(=O)C1)N2.Cl. The van der Waals surface area contributed by atoms with E-state index in [0.717, 1.165) is 12.8 Å². The Balaban J connectivity index is 0.000000605. The molecule has 2 rings (SSSR count). The molecule has 2 fully saturated rings. The Morgan fingerprint density at radius 1 is 1.64 bits per heavy atom. The molecule has 0 aromatic heterocycles. The van der Waals surface area contributed by atoms with Crippen LogP contribution in [0.25, 0.3) is 0 Å². The maximum Gasteiger partial charge on any atom is 0.136 e. The summed E-state index contributed by atoms with van der Waals surface area (Å²) in [5.74, 6) is 0.448. The zero-order valence-corrected chi connectivity index (χ0v) is 7.54. The highest BCUT2D eigenvalue weighted by molar-refractivity contribution is 5.85. The Morgan fingerprint density at radius 2 is 2.36 bits per heavy atom. The average Bonchev–Trinajstić information content (AvgIpc) is 2.06. The average molecular weight is 176 g/mol. The molecule has 11 heavy (non-hydrogen) atoms. The van der Waals surface area contributed by atoms with Crippen molar-refractivity contribution in [2.24, 2.45) is 0 Å². The van der Waals surface area contributed by atoms with Crippen molar-refractivity contribution in [2.75, 3.05) is 0 Å².